The Morgan fingerprint density at radius 1 is 1.27 bits per heavy atom. The van der Waals surface area contributed by atoms with E-state index in [4.69, 9.17) is 0 Å². The van der Waals surface area contributed by atoms with E-state index in [9.17, 15) is 10.2 Å². The standard InChI is InChI=1S/C13H16O2/c14-10-4-1-3-9-5-6-11(15)13(12(9)10)7-2-8-13/h1,3-4,11,14-15H,2,5-8H2. The van der Waals surface area contributed by atoms with Crippen molar-refractivity contribution in [1.82, 2.24) is 0 Å². The second-order valence-corrected chi connectivity index (χ2v) is 4.88. The summed E-state index contributed by atoms with van der Waals surface area (Å²) in [7, 11) is 0. The Kier molecular flexibility index (Phi) is 1.84. The van der Waals surface area contributed by atoms with E-state index < -0.39 is 0 Å². The second-order valence-electron chi connectivity index (χ2n) is 4.88. The zero-order valence-corrected chi connectivity index (χ0v) is 8.74. The lowest BCUT2D eigenvalue weighted by Crippen LogP contribution is -2.48. The highest BCUT2D eigenvalue weighted by atomic mass is 16.3. The van der Waals surface area contributed by atoms with Crippen molar-refractivity contribution in [3.8, 4) is 5.75 Å². The summed E-state index contributed by atoms with van der Waals surface area (Å²) in [5.74, 6) is 0.381. The van der Waals surface area contributed by atoms with Crippen molar-refractivity contribution in [2.45, 2.75) is 43.6 Å². The minimum atomic E-state index is -0.257. The van der Waals surface area contributed by atoms with E-state index >= 15 is 0 Å². The van der Waals surface area contributed by atoms with Crippen LogP contribution in [-0.2, 0) is 11.8 Å². The van der Waals surface area contributed by atoms with Gasteiger partial charge in [-0.2, -0.15) is 0 Å². The van der Waals surface area contributed by atoms with Gasteiger partial charge in [-0.3, -0.25) is 0 Å². The third-order valence-electron chi connectivity index (χ3n) is 4.20. The van der Waals surface area contributed by atoms with Crippen molar-refractivity contribution in [1.29, 1.82) is 0 Å². The molecule has 0 amide bonds. The summed E-state index contributed by atoms with van der Waals surface area (Å²) in [6.07, 6.45) is 4.71. The Labute approximate surface area is 89.6 Å². The van der Waals surface area contributed by atoms with Gasteiger partial charge in [-0.1, -0.05) is 18.6 Å². The first kappa shape index (κ1) is 9.22. The Hall–Kier alpha value is -1.02. The predicted octanol–water partition coefficient (Wildman–Crippen LogP) is 2.12. The number of phenols is 1. The van der Waals surface area contributed by atoms with Crippen LogP contribution in [0.2, 0.25) is 0 Å². The topological polar surface area (TPSA) is 40.5 Å². The predicted molar refractivity (Wildman–Crippen MR) is 58.0 cm³/mol. The van der Waals surface area contributed by atoms with Crippen molar-refractivity contribution in [3.63, 3.8) is 0 Å². The fraction of sp³-hybridized carbons (Fsp3) is 0.538. The Morgan fingerprint density at radius 3 is 2.73 bits per heavy atom. The first-order valence-electron chi connectivity index (χ1n) is 5.73. The summed E-state index contributed by atoms with van der Waals surface area (Å²) in [4.78, 5) is 0. The molecule has 2 heteroatoms. The van der Waals surface area contributed by atoms with Crippen LogP contribution in [0.5, 0.6) is 5.75 Å². The molecule has 80 valence electrons. The van der Waals surface area contributed by atoms with Crippen LogP contribution in [0.3, 0.4) is 0 Å². The number of aryl methyl sites for hydroxylation is 1. The minimum absolute atomic E-state index is 0.112. The van der Waals surface area contributed by atoms with Crippen molar-refractivity contribution >= 4 is 0 Å². The number of benzene rings is 1. The molecule has 2 N–H and O–H groups in total. The molecule has 2 nitrogen and oxygen atoms in total. The van der Waals surface area contributed by atoms with E-state index in [0.29, 0.717) is 5.75 Å². The van der Waals surface area contributed by atoms with Crippen LogP contribution in [0.1, 0.15) is 36.8 Å². The van der Waals surface area contributed by atoms with E-state index in [-0.39, 0.29) is 11.5 Å². The molecule has 0 radical (unpaired) electrons. The number of phenolic OH excluding ortho intramolecular Hbond substituents is 1. The van der Waals surface area contributed by atoms with Gasteiger partial charge in [0.15, 0.2) is 0 Å². The highest BCUT2D eigenvalue weighted by molar-refractivity contribution is 5.49. The van der Waals surface area contributed by atoms with Crippen molar-refractivity contribution in [2.75, 3.05) is 0 Å². The molecule has 0 saturated heterocycles. The smallest absolute Gasteiger partial charge is 0.119 e. The molecule has 0 bridgehead atoms. The quantitative estimate of drug-likeness (QED) is 0.679. The fourth-order valence-electron chi connectivity index (χ4n) is 3.25. The van der Waals surface area contributed by atoms with Gasteiger partial charge in [0.1, 0.15) is 5.75 Å². The summed E-state index contributed by atoms with van der Waals surface area (Å²) in [5.41, 5.74) is 2.16. The number of aliphatic hydroxyl groups is 1. The highest BCUT2D eigenvalue weighted by Crippen LogP contribution is 2.53. The molecule has 1 saturated carbocycles. The number of aromatic hydroxyl groups is 1. The Bertz CT molecular complexity index is 394. The number of rotatable bonds is 0. The first-order chi connectivity index (χ1) is 7.24. The highest BCUT2D eigenvalue weighted by Gasteiger charge is 2.49. The average molecular weight is 204 g/mol. The summed E-state index contributed by atoms with van der Waals surface area (Å²) in [5, 5.41) is 20.1. The van der Waals surface area contributed by atoms with Gasteiger partial charge < -0.3 is 10.2 Å². The lowest BCUT2D eigenvalue weighted by atomic mass is 9.56. The largest absolute Gasteiger partial charge is 0.508 e. The molecule has 1 atom stereocenters. The van der Waals surface area contributed by atoms with Crippen molar-refractivity contribution in [2.24, 2.45) is 0 Å². The van der Waals surface area contributed by atoms with E-state index in [1.54, 1.807) is 6.07 Å². The van der Waals surface area contributed by atoms with Crippen LogP contribution < -0.4 is 0 Å². The molecule has 0 heterocycles. The van der Waals surface area contributed by atoms with Gasteiger partial charge in [0, 0.05) is 11.0 Å². The maximum absolute atomic E-state index is 10.1. The van der Waals surface area contributed by atoms with E-state index in [0.717, 1.165) is 31.2 Å². The molecule has 2 aliphatic carbocycles. The third-order valence-corrected chi connectivity index (χ3v) is 4.20. The monoisotopic (exact) mass is 204 g/mol. The average Bonchev–Trinajstić information content (AvgIpc) is 2.16. The third kappa shape index (κ3) is 1.08. The molecule has 1 aromatic rings. The number of hydrogen-bond acceptors (Lipinski definition) is 2. The molecule has 15 heavy (non-hydrogen) atoms. The molecule has 0 aromatic heterocycles. The summed E-state index contributed by atoms with van der Waals surface area (Å²) < 4.78 is 0. The Morgan fingerprint density at radius 2 is 2.07 bits per heavy atom. The lowest BCUT2D eigenvalue weighted by molar-refractivity contribution is 0.0128. The maximum Gasteiger partial charge on any atom is 0.119 e. The molecular weight excluding hydrogens is 188 g/mol. The molecule has 2 aliphatic rings. The molecule has 1 unspecified atom stereocenters. The van der Waals surface area contributed by atoms with E-state index in [1.165, 1.54) is 12.0 Å². The van der Waals surface area contributed by atoms with Crippen LogP contribution in [0.25, 0.3) is 0 Å². The molecule has 0 aliphatic heterocycles. The number of aliphatic hydroxyl groups excluding tert-OH is 1. The van der Waals surface area contributed by atoms with Gasteiger partial charge in [-0.05, 0) is 37.3 Å². The summed E-state index contributed by atoms with van der Waals surface area (Å²) in [6.45, 7) is 0. The van der Waals surface area contributed by atoms with Crippen molar-refractivity contribution in [3.05, 3.63) is 29.3 Å². The van der Waals surface area contributed by atoms with Crippen LogP contribution in [0.15, 0.2) is 18.2 Å². The zero-order valence-electron chi connectivity index (χ0n) is 8.74. The molecular formula is C13H16O2. The molecule has 3 rings (SSSR count). The maximum atomic E-state index is 10.1. The second kappa shape index (κ2) is 2.99. The Balaban J connectivity index is 2.18. The molecule has 1 fully saturated rings. The van der Waals surface area contributed by atoms with E-state index in [1.807, 2.05) is 6.07 Å². The number of fused-ring (bicyclic) bond motifs is 2. The summed E-state index contributed by atoms with van der Waals surface area (Å²) >= 11 is 0. The fourth-order valence-corrected chi connectivity index (χ4v) is 3.25. The van der Waals surface area contributed by atoms with Crippen LogP contribution in [0, 0.1) is 0 Å². The molecule has 1 spiro atoms. The SMILES string of the molecule is Oc1cccc2c1C1(CCC1)C(O)CC2. The van der Waals surface area contributed by atoms with Crippen LogP contribution in [0.4, 0.5) is 0 Å². The normalized spacial score (nSPS) is 27.1. The first-order valence-corrected chi connectivity index (χ1v) is 5.73. The molecule has 1 aromatic carbocycles. The van der Waals surface area contributed by atoms with Gasteiger partial charge in [-0.25, -0.2) is 0 Å². The minimum Gasteiger partial charge on any atom is -0.508 e. The number of hydrogen-bond donors (Lipinski definition) is 2. The van der Waals surface area contributed by atoms with Crippen LogP contribution >= 0.6 is 0 Å². The lowest BCUT2D eigenvalue weighted by Gasteiger charge is -2.49. The summed E-state index contributed by atoms with van der Waals surface area (Å²) in [6, 6.07) is 5.73. The van der Waals surface area contributed by atoms with Gasteiger partial charge in [-0.15, -0.1) is 0 Å². The zero-order chi connectivity index (χ0) is 10.5. The van der Waals surface area contributed by atoms with Gasteiger partial charge in [0.05, 0.1) is 6.10 Å². The van der Waals surface area contributed by atoms with Crippen molar-refractivity contribution < 1.29 is 10.2 Å². The van der Waals surface area contributed by atoms with Gasteiger partial charge in [0.25, 0.3) is 0 Å². The van der Waals surface area contributed by atoms with E-state index in [2.05, 4.69) is 6.07 Å². The van der Waals surface area contributed by atoms with Gasteiger partial charge in [0.2, 0.25) is 0 Å². The van der Waals surface area contributed by atoms with Crippen LogP contribution in [-0.4, -0.2) is 16.3 Å². The van der Waals surface area contributed by atoms with Gasteiger partial charge >= 0.3 is 0 Å².